The molecule has 1 atom stereocenters. The number of anilines is 1. The summed E-state index contributed by atoms with van der Waals surface area (Å²) in [7, 11) is 0. The molecule has 0 aliphatic carbocycles. The van der Waals surface area contributed by atoms with Gasteiger partial charge < -0.3 is 5.32 Å². The Bertz CT molecular complexity index is 289. The van der Waals surface area contributed by atoms with Gasteiger partial charge in [0.05, 0.1) is 12.4 Å². The molecule has 14 heavy (non-hydrogen) atoms. The lowest BCUT2D eigenvalue weighted by atomic mass is 9.88. The number of hydrogen-bond acceptors (Lipinski definition) is 3. The summed E-state index contributed by atoms with van der Waals surface area (Å²) < 4.78 is 12.5. The Balaban J connectivity index is 2.65. The second-order valence-electron chi connectivity index (χ2n) is 4.46. The molecule has 0 bridgehead atoms. The molecule has 1 heterocycles. The molecule has 1 rings (SSSR count). The van der Waals surface area contributed by atoms with Crippen molar-refractivity contribution in [2.24, 2.45) is 5.41 Å². The fourth-order valence-corrected chi connectivity index (χ4v) is 0.797. The van der Waals surface area contributed by atoms with Gasteiger partial charge in [-0.2, -0.15) is 0 Å². The van der Waals surface area contributed by atoms with Crippen molar-refractivity contribution < 1.29 is 4.39 Å². The maximum atomic E-state index is 12.5. The fraction of sp³-hybridized carbons (Fsp3) is 0.600. The number of rotatable bonds is 2. The molecule has 0 spiro atoms. The average Bonchev–Trinajstić information content (AvgIpc) is 2.07. The van der Waals surface area contributed by atoms with Gasteiger partial charge in [0.25, 0.3) is 0 Å². The molecule has 1 N–H and O–H groups in total. The van der Waals surface area contributed by atoms with Crippen molar-refractivity contribution >= 4 is 5.95 Å². The molecule has 0 aromatic carbocycles. The summed E-state index contributed by atoms with van der Waals surface area (Å²) in [4.78, 5) is 7.67. The van der Waals surface area contributed by atoms with Crippen molar-refractivity contribution in [3.8, 4) is 0 Å². The molecule has 1 aromatic heterocycles. The van der Waals surface area contributed by atoms with E-state index in [1.807, 2.05) is 6.92 Å². The van der Waals surface area contributed by atoms with Crippen LogP contribution in [0.25, 0.3) is 0 Å². The van der Waals surface area contributed by atoms with E-state index in [9.17, 15) is 4.39 Å². The molecule has 0 radical (unpaired) electrons. The van der Waals surface area contributed by atoms with E-state index in [0.29, 0.717) is 5.95 Å². The van der Waals surface area contributed by atoms with E-state index in [1.165, 1.54) is 0 Å². The standard InChI is InChI=1S/C10H16FN3/c1-7(10(2,3)4)14-9-12-5-8(11)6-13-9/h5-7H,1-4H3,(H,12,13,14). The fourth-order valence-electron chi connectivity index (χ4n) is 0.797. The van der Waals surface area contributed by atoms with Crippen molar-refractivity contribution in [1.29, 1.82) is 0 Å². The van der Waals surface area contributed by atoms with Crippen molar-refractivity contribution in [3.05, 3.63) is 18.2 Å². The number of aromatic nitrogens is 2. The molecule has 0 aliphatic rings. The first-order chi connectivity index (χ1) is 6.39. The third-order valence-electron chi connectivity index (χ3n) is 2.26. The predicted octanol–water partition coefficient (Wildman–Crippen LogP) is 2.46. The minimum Gasteiger partial charge on any atom is -0.351 e. The number of nitrogens with one attached hydrogen (secondary N) is 1. The van der Waals surface area contributed by atoms with Crippen LogP contribution in [0.3, 0.4) is 0 Å². The molecule has 78 valence electrons. The maximum Gasteiger partial charge on any atom is 0.223 e. The normalized spacial score (nSPS) is 13.8. The summed E-state index contributed by atoms with van der Waals surface area (Å²) in [5.74, 6) is 0.0489. The summed E-state index contributed by atoms with van der Waals surface area (Å²) >= 11 is 0. The van der Waals surface area contributed by atoms with Gasteiger partial charge in [-0.25, -0.2) is 14.4 Å². The van der Waals surface area contributed by atoms with Crippen LogP contribution in [0.4, 0.5) is 10.3 Å². The first kappa shape index (κ1) is 10.9. The molecule has 0 saturated heterocycles. The highest BCUT2D eigenvalue weighted by molar-refractivity contribution is 5.24. The molecule has 0 aliphatic heterocycles. The number of hydrogen-bond donors (Lipinski definition) is 1. The van der Waals surface area contributed by atoms with Crippen molar-refractivity contribution in [2.45, 2.75) is 33.7 Å². The van der Waals surface area contributed by atoms with E-state index in [4.69, 9.17) is 0 Å². The lowest BCUT2D eigenvalue weighted by Crippen LogP contribution is -2.31. The molecular formula is C10H16FN3. The Morgan fingerprint density at radius 3 is 2.21 bits per heavy atom. The van der Waals surface area contributed by atoms with Gasteiger partial charge in [0.15, 0.2) is 5.82 Å². The number of nitrogens with zero attached hydrogens (tertiary/aromatic N) is 2. The van der Waals surface area contributed by atoms with Crippen LogP contribution in [-0.4, -0.2) is 16.0 Å². The van der Waals surface area contributed by atoms with E-state index in [-0.39, 0.29) is 11.5 Å². The van der Waals surface area contributed by atoms with Gasteiger partial charge in [0, 0.05) is 6.04 Å². The minimum atomic E-state index is -0.418. The van der Waals surface area contributed by atoms with Crippen LogP contribution in [0, 0.1) is 11.2 Å². The van der Waals surface area contributed by atoms with Gasteiger partial charge in [-0.3, -0.25) is 0 Å². The van der Waals surface area contributed by atoms with Crippen molar-refractivity contribution in [1.82, 2.24) is 9.97 Å². The molecule has 4 heteroatoms. The summed E-state index contributed by atoms with van der Waals surface area (Å²) in [5, 5.41) is 3.12. The van der Waals surface area contributed by atoms with Gasteiger partial charge in [-0.15, -0.1) is 0 Å². The summed E-state index contributed by atoms with van der Waals surface area (Å²) in [5.41, 5.74) is 0.123. The topological polar surface area (TPSA) is 37.8 Å². The van der Waals surface area contributed by atoms with Gasteiger partial charge in [0.1, 0.15) is 0 Å². The van der Waals surface area contributed by atoms with Crippen LogP contribution in [0.15, 0.2) is 12.4 Å². The Morgan fingerprint density at radius 2 is 1.79 bits per heavy atom. The lowest BCUT2D eigenvalue weighted by molar-refractivity contribution is 0.358. The van der Waals surface area contributed by atoms with Crippen LogP contribution in [0.5, 0.6) is 0 Å². The first-order valence-electron chi connectivity index (χ1n) is 4.63. The molecule has 3 nitrogen and oxygen atoms in total. The van der Waals surface area contributed by atoms with Crippen molar-refractivity contribution in [2.75, 3.05) is 5.32 Å². The highest BCUT2D eigenvalue weighted by atomic mass is 19.1. The quantitative estimate of drug-likeness (QED) is 0.791. The third kappa shape index (κ3) is 2.94. The molecule has 1 aromatic rings. The molecule has 1 unspecified atom stereocenters. The monoisotopic (exact) mass is 197 g/mol. The van der Waals surface area contributed by atoms with E-state index in [0.717, 1.165) is 12.4 Å². The Hall–Kier alpha value is -1.19. The minimum absolute atomic E-state index is 0.123. The van der Waals surface area contributed by atoms with E-state index in [1.54, 1.807) is 0 Å². The van der Waals surface area contributed by atoms with E-state index < -0.39 is 5.82 Å². The zero-order valence-corrected chi connectivity index (χ0v) is 9.00. The van der Waals surface area contributed by atoms with Crippen LogP contribution in [0.1, 0.15) is 27.7 Å². The average molecular weight is 197 g/mol. The van der Waals surface area contributed by atoms with Gasteiger partial charge in [-0.05, 0) is 12.3 Å². The maximum absolute atomic E-state index is 12.5. The highest BCUT2D eigenvalue weighted by Crippen LogP contribution is 2.20. The zero-order valence-electron chi connectivity index (χ0n) is 9.00. The molecule has 0 saturated carbocycles. The Morgan fingerprint density at radius 1 is 1.29 bits per heavy atom. The number of halogens is 1. The van der Waals surface area contributed by atoms with Crippen LogP contribution >= 0.6 is 0 Å². The Labute approximate surface area is 83.8 Å². The zero-order chi connectivity index (χ0) is 10.8. The SMILES string of the molecule is CC(Nc1ncc(F)cn1)C(C)(C)C. The third-order valence-corrected chi connectivity index (χ3v) is 2.26. The molecule has 0 amide bonds. The first-order valence-corrected chi connectivity index (χ1v) is 4.63. The second kappa shape index (κ2) is 3.90. The van der Waals surface area contributed by atoms with Crippen molar-refractivity contribution in [3.63, 3.8) is 0 Å². The lowest BCUT2D eigenvalue weighted by Gasteiger charge is -2.27. The molecular weight excluding hydrogens is 181 g/mol. The van der Waals surface area contributed by atoms with Crippen LogP contribution < -0.4 is 5.32 Å². The summed E-state index contributed by atoms with van der Waals surface area (Å²) in [6.07, 6.45) is 2.31. The second-order valence-corrected chi connectivity index (χ2v) is 4.46. The summed E-state index contributed by atoms with van der Waals surface area (Å²) in [6, 6.07) is 0.230. The highest BCUT2D eigenvalue weighted by Gasteiger charge is 2.20. The van der Waals surface area contributed by atoms with Gasteiger partial charge in [0.2, 0.25) is 5.95 Å². The van der Waals surface area contributed by atoms with Gasteiger partial charge >= 0.3 is 0 Å². The summed E-state index contributed by atoms with van der Waals surface area (Å²) in [6.45, 7) is 8.41. The van der Waals surface area contributed by atoms with Crippen LogP contribution in [0.2, 0.25) is 0 Å². The molecule has 0 fully saturated rings. The largest absolute Gasteiger partial charge is 0.351 e. The smallest absolute Gasteiger partial charge is 0.223 e. The van der Waals surface area contributed by atoms with E-state index >= 15 is 0 Å². The predicted molar refractivity (Wildman–Crippen MR) is 54.5 cm³/mol. The Kier molecular flexibility index (Phi) is 3.03. The van der Waals surface area contributed by atoms with E-state index in [2.05, 4.69) is 36.1 Å². The van der Waals surface area contributed by atoms with Gasteiger partial charge in [-0.1, -0.05) is 20.8 Å². The van der Waals surface area contributed by atoms with Crippen LogP contribution in [-0.2, 0) is 0 Å².